The van der Waals surface area contributed by atoms with Crippen molar-refractivity contribution in [3.8, 4) is 0 Å². The van der Waals surface area contributed by atoms with Gasteiger partial charge in [0.15, 0.2) is 0 Å². The van der Waals surface area contributed by atoms with Crippen LogP contribution in [0.1, 0.15) is 41.6 Å². The molecule has 1 atom stereocenters. The monoisotopic (exact) mass is 319 g/mol. The number of benzene rings is 2. The highest BCUT2D eigenvalue weighted by Gasteiger charge is 2.19. The van der Waals surface area contributed by atoms with Crippen molar-refractivity contribution in [2.45, 2.75) is 32.2 Å². The van der Waals surface area contributed by atoms with E-state index >= 15 is 0 Å². The smallest absolute Gasteiger partial charge is 0.0643 e. The molecule has 21 heavy (non-hydrogen) atoms. The molecule has 0 saturated heterocycles. The molecule has 0 aliphatic heterocycles. The van der Waals surface area contributed by atoms with Crippen LogP contribution in [0.15, 0.2) is 36.4 Å². The lowest BCUT2D eigenvalue weighted by Crippen LogP contribution is -2.22. The fourth-order valence-corrected chi connectivity index (χ4v) is 3.54. The minimum atomic E-state index is 0.0899. The highest BCUT2D eigenvalue weighted by molar-refractivity contribution is 6.42. The lowest BCUT2D eigenvalue weighted by Gasteiger charge is -2.21. The molecule has 3 heteroatoms. The zero-order chi connectivity index (χ0) is 14.8. The third kappa shape index (κ3) is 2.96. The number of hydrogen-bond acceptors (Lipinski definition) is 1. The summed E-state index contributed by atoms with van der Waals surface area (Å²) in [4.78, 5) is 0. The Morgan fingerprint density at radius 2 is 1.90 bits per heavy atom. The third-order valence-electron chi connectivity index (χ3n) is 4.16. The van der Waals surface area contributed by atoms with Crippen LogP contribution in [0.25, 0.3) is 0 Å². The summed E-state index contributed by atoms with van der Waals surface area (Å²) in [5, 5.41) is 4.78. The molecule has 2 aromatic carbocycles. The van der Waals surface area contributed by atoms with Crippen molar-refractivity contribution < 1.29 is 0 Å². The van der Waals surface area contributed by atoms with Crippen LogP contribution in [0.5, 0.6) is 0 Å². The van der Waals surface area contributed by atoms with E-state index in [0.717, 1.165) is 12.1 Å². The molecule has 0 aromatic heterocycles. The summed E-state index contributed by atoms with van der Waals surface area (Å²) in [5.41, 5.74) is 5.28. The van der Waals surface area contributed by atoms with E-state index in [9.17, 15) is 0 Å². The molecule has 1 aliphatic rings. The van der Waals surface area contributed by atoms with Gasteiger partial charge in [-0.1, -0.05) is 60.5 Å². The van der Waals surface area contributed by atoms with Gasteiger partial charge in [0.2, 0.25) is 0 Å². The van der Waals surface area contributed by atoms with E-state index in [1.165, 1.54) is 36.0 Å². The number of halogens is 2. The van der Waals surface area contributed by atoms with Crippen molar-refractivity contribution in [2.24, 2.45) is 0 Å². The summed E-state index contributed by atoms with van der Waals surface area (Å²) in [6.07, 6.45) is 3.66. The summed E-state index contributed by atoms with van der Waals surface area (Å²) in [6, 6.07) is 12.7. The Morgan fingerprint density at radius 3 is 2.71 bits per heavy atom. The van der Waals surface area contributed by atoms with Crippen LogP contribution in [0.3, 0.4) is 0 Å². The van der Waals surface area contributed by atoms with E-state index in [-0.39, 0.29) is 6.04 Å². The zero-order valence-electron chi connectivity index (χ0n) is 12.1. The molecule has 3 rings (SSSR count). The van der Waals surface area contributed by atoms with Gasteiger partial charge < -0.3 is 5.32 Å². The number of fused-ring (bicyclic) bond motifs is 1. The quantitative estimate of drug-likeness (QED) is 0.818. The molecule has 0 fully saturated rings. The minimum absolute atomic E-state index is 0.0899. The first-order valence-corrected chi connectivity index (χ1v) is 8.25. The summed E-state index contributed by atoms with van der Waals surface area (Å²) < 4.78 is 0. The van der Waals surface area contributed by atoms with Gasteiger partial charge in [0, 0.05) is 0 Å². The van der Waals surface area contributed by atoms with E-state index in [0.29, 0.717) is 10.0 Å². The van der Waals surface area contributed by atoms with Gasteiger partial charge in [-0.2, -0.15) is 0 Å². The van der Waals surface area contributed by atoms with Gasteiger partial charge >= 0.3 is 0 Å². The Kier molecular flexibility index (Phi) is 4.54. The van der Waals surface area contributed by atoms with E-state index in [1.807, 2.05) is 12.1 Å². The Hall–Kier alpha value is -1.02. The molecule has 0 saturated carbocycles. The summed E-state index contributed by atoms with van der Waals surface area (Å²) in [6.45, 7) is 2.99. The Labute approximate surface area is 136 Å². The average Bonchev–Trinajstić information content (AvgIpc) is 2.95. The number of hydrogen-bond donors (Lipinski definition) is 1. The Bertz CT molecular complexity index is 652. The van der Waals surface area contributed by atoms with Crippen LogP contribution in [0.4, 0.5) is 0 Å². The van der Waals surface area contributed by atoms with Crippen LogP contribution < -0.4 is 5.32 Å². The van der Waals surface area contributed by atoms with Crippen molar-refractivity contribution in [2.75, 3.05) is 6.54 Å². The molecule has 0 bridgehead atoms. The van der Waals surface area contributed by atoms with Crippen LogP contribution in [0, 0.1) is 0 Å². The van der Waals surface area contributed by atoms with Gasteiger partial charge in [0.05, 0.1) is 16.1 Å². The second-order valence-electron chi connectivity index (χ2n) is 5.52. The van der Waals surface area contributed by atoms with Crippen LogP contribution in [-0.2, 0) is 12.8 Å². The highest BCUT2D eigenvalue weighted by atomic mass is 35.5. The fourth-order valence-electron chi connectivity index (χ4n) is 3.13. The molecular weight excluding hydrogens is 301 g/mol. The van der Waals surface area contributed by atoms with Gasteiger partial charge in [-0.05, 0) is 54.1 Å². The Balaban J connectivity index is 2.03. The third-order valence-corrected chi connectivity index (χ3v) is 4.99. The van der Waals surface area contributed by atoms with Crippen LogP contribution >= 0.6 is 23.2 Å². The molecule has 1 N–H and O–H groups in total. The maximum atomic E-state index is 6.42. The topological polar surface area (TPSA) is 12.0 Å². The summed E-state index contributed by atoms with van der Waals surface area (Å²) in [5.74, 6) is 0. The first-order chi connectivity index (χ1) is 10.2. The molecule has 110 valence electrons. The van der Waals surface area contributed by atoms with E-state index in [2.05, 4.69) is 36.5 Å². The standard InChI is InChI=1S/C18H19Cl2N/c1-2-21-18(15-7-4-8-16(19)17(15)20)14-10-9-12-5-3-6-13(12)11-14/h4,7-11,18,21H,2-3,5-6H2,1H3. The van der Waals surface area contributed by atoms with Gasteiger partial charge in [-0.15, -0.1) is 0 Å². The van der Waals surface area contributed by atoms with E-state index in [4.69, 9.17) is 23.2 Å². The van der Waals surface area contributed by atoms with Gasteiger partial charge in [-0.25, -0.2) is 0 Å². The van der Waals surface area contributed by atoms with Gasteiger partial charge in [0.1, 0.15) is 0 Å². The van der Waals surface area contributed by atoms with Gasteiger partial charge in [-0.3, -0.25) is 0 Å². The van der Waals surface area contributed by atoms with Crippen molar-refractivity contribution >= 4 is 23.2 Å². The first kappa shape index (κ1) is 14.9. The number of aryl methyl sites for hydroxylation is 2. The predicted molar refractivity (Wildman–Crippen MR) is 90.4 cm³/mol. The van der Waals surface area contributed by atoms with Gasteiger partial charge in [0.25, 0.3) is 0 Å². The lowest BCUT2D eigenvalue weighted by molar-refractivity contribution is 0.630. The number of rotatable bonds is 4. The average molecular weight is 320 g/mol. The summed E-state index contributed by atoms with van der Waals surface area (Å²) >= 11 is 12.6. The maximum Gasteiger partial charge on any atom is 0.0643 e. The zero-order valence-corrected chi connectivity index (χ0v) is 13.6. The number of nitrogens with one attached hydrogen (secondary N) is 1. The first-order valence-electron chi connectivity index (χ1n) is 7.49. The SMILES string of the molecule is CCNC(c1ccc2c(c1)CCC2)c1cccc(Cl)c1Cl. The molecule has 0 amide bonds. The van der Waals surface area contributed by atoms with Crippen molar-refractivity contribution in [3.63, 3.8) is 0 Å². The maximum absolute atomic E-state index is 6.42. The normalized spacial score (nSPS) is 15.0. The molecule has 1 unspecified atom stereocenters. The lowest BCUT2D eigenvalue weighted by atomic mass is 9.95. The molecule has 2 aromatic rings. The molecule has 1 nitrogen and oxygen atoms in total. The van der Waals surface area contributed by atoms with E-state index < -0.39 is 0 Å². The molecule has 1 aliphatic carbocycles. The minimum Gasteiger partial charge on any atom is -0.306 e. The predicted octanol–water partition coefficient (Wildman–Crippen LogP) is 5.18. The second kappa shape index (κ2) is 6.39. The highest BCUT2D eigenvalue weighted by Crippen LogP contribution is 2.34. The Morgan fingerprint density at radius 1 is 1.10 bits per heavy atom. The second-order valence-corrected chi connectivity index (χ2v) is 6.30. The van der Waals surface area contributed by atoms with Crippen molar-refractivity contribution in [1.82, 2.24) is 5.32 Å². The molecular formula is C18H19Cl2N. The summed E-state index contributed by atoms with van der Waals surface area (Å²) in [7, 11) is 0. The molecule has 0 spiro atoms. The largest absolute Gasteiger partial charge is 0.306 e. The van der Waals surface area contributed by atoms with Crippen LogP contribution in [0.2, 0.25) is 10.0 Å². The van der Waals surface area contributed by atoms with Crippen molar-refractivity contribution in [1.29, 1.82) is 0 Å². The van der Waals surface area contributed by atoms with Crippen molar-refractivity contribution in [3.05, 3.63) is 68.7 Å². The fraction of sp³-hybridized carbons (Fsp3) is 0.333. The molecule has 0 heterocycles. The van der Waals surface area contributed by atoms with E-state index in [1.54, 1.807) is 0 Å². The molecule has 0 radical (unpaired) electrons. The van der Waals surface area contributed by atoms with Crippen LogP contribution in [-0.4, -0.2) is 6.54 Å².